The fraction of sp³-hybridized carbons (Fsp3) is 0.154. The molecule has 1 nitrogen and oxygen atoms in total. The van der Waals surface area contributed by atoms with E-state index in [1.54, 1.807) is 0 Å². The lowest BCUT2D eigenvalue weighted by Gasteiger charge is -2.01. The van der Waals surface area contributed by atoms with E-state index in [0.29, 0.717) is 5.56 Å². The van der Waals surface area contributed by atoms with Crippen molar-refractivity contribution in [2.45, 2.75) is 13.3 Å². The third-order valence-corrected chi connectivity index (χ3v) is 1.99. The van der Waals surface area contributed by atoms with Gasteiger partial charge in [-0.1, -0.05) is 37.8 Å². The van der Waals surface area contributed by atoms with Gasteiger partial charge in [-0.05, 0) is 29.7 Å². The first-order valence-corrected chi connectivity index (χ1v) is 4.65. The Labute approximate surface area is 85.0 Å². The molecule has 14 heavy (non-hydrogen) atoms. The van der Waals surface area contributed by atoms with Gasteiger partial charge in [-0.25, -0.2) is 0 Å². The molecule has 0 aromatic heterocycles. The van der Waals surface area contributed by atoms with Crippen molar-refractivity contribution in [2.75, 3.05) is 0 Å². The Balaban J connectivity index is 3.02. The van der Waals surface area contributed by atoms with E-state index in [2.05, 4.69) is 25.6 Å². The molecule has 1 aromatic carbocycles. The summed E-state index contributed by atoms with van der Waals surface area (Å²) in [7, 11) is 0. The maximum absolute atomic E-state index is 8.64. The molecule has 0 aliphatic heterocycles. The normalized spacial score (nSPS) is 10.7. The summed E-state index contributed by atoms with van der Waals surface area (Å²) < 4.78 is 0. The second-order valence-corrected chi connectivity index (χ2v) is 2.96. The van der Waals surface area contributed by atoms with Gasteiger partial charge in [0.2, 0.25) is 0 Å². The highest BCUT2D eigenvalue weighted by Gasteiger charge is 1.96. The molecule has 0 spiro atoms. The number of hydrogen-bond acceptors (Lipinski definition) is 1. The molecule has 0 aliphatic carbocycles. The smallest absolute Gasteiger partial charge is 0.0991 e. The van der Waals surface area contributed by atoms with Gasteiger partial charge in [0.15, 0.2) is 0 Å². The van der Waals surface area contributed by atoms with Gasteiger partial charge >= 0.3 is 0 Å². The lowest BCUT2D eigenvalue weighted by atomic mass is 10.0. The van der Waals surface area contributed by atoms with E-state index < -0.39 is 0 Å². The van der Waals surface area contributed by atoms with Gasteiger partial charge in [0.25, 0.3) is 0 Å². The van der Waals surface area contributed by atoms with Gasteiger partial charge in [0, 0.05) is 0 Å². The third-order valence-electron chi connectivity index (χ3n) is 1.99. The minimum atomic E-state index is 0.689. The quantitative estimate of drug-likeness (QED) is 0.657. The third kappa shape index (κ3) is 2.34. The first-order chi connectivity index (χ1) is 6.81. The zero-order valence-corrected chi connectivity index (χ0v) is 8.33. The summed E-state index contributed by atoms with van der Waals surface area (Å²) in [5, 5.41) is 8.64. The second-order valence-electron chi connectivity index (χ2n) is 2.96. The van der Waals surface area contributed by atoms with E-state index in [1.807, 2.05) is 30.3 Å². The maximum Gasteiger partial charge on any atom is 0.0991 e. The molecule has 0 aliphatic rings. The van der Waals surface area contributed by atoms with Crippen LogP contribution in [0, 0.1) is 11.3 Å². The minimum absolute atomic E-state index is 0.689. The summed E-state index contributed by atoms with van der Waals surface area (Å²) in [6, 6.07) is 9.63. The van der Waals surface area contributed by atoms with Gasteiger partial charge in [0.05, 0.1) is 11.6 Å². The summed E-state index contributed by atoms with van der Waals surface area (Å²) >= 11 is 0. The van der Waals surface area contributed by atoms with Crippen molar-refractivity contribution in [3.63, 3.8) is 0 Å². The second kappa shape index (κ2) is 5.04. The Kier molecular flexibility index (Phi) is 3.69. The molecule has 0 heterocycles. The molecule has 0 bridgehead atoms. The number of benzene rings is 1. The molecule has 0 saturated heterocycles. The number of allylic oxidation sites excluding steroid dienone is 3. The lowest BCUT2D eigenvalue weighted by molar-refractivity contribution is 1.23. The highest BCUT2D eigenvalue weighted by atomic mass is 14.2. The van der Waals surface area contributed by atoms with Crippen LogP contribution in [0.5, 0.6) is 0 Å². The molecule has 1 heteroatoms. The van der Waals surface area contributed by atoms with Gasteiger partial charge in [-0.3, -0.25) is 0 Å². The van der Waals surface area contributed by atoms with Crippen molar-refractivity contribution in [3.8, 4) is 6.07 Å². The van der Waals surface area contributed by atoms with Crippen molar-refractivity contribution in [1.82, 2.24) is 0 Å². The predicted octanol–water partition coefficient (Wildman–Crippen LogP) is 3.54. The van der Waals surface area contributed by atoms with Crippen LogP contribution in [0.25, 0.3) is 5.57 Å². The van der Waals surface area contributed by atoms with Crippen LogP contribution in [0.3, 0.4) is 0 Å². The zero-order chi connectivity index (χ0) is 10.4. The van der Waals surface area contributed by atoms with E-state index >= 15 is 0 Å². The van der Waals surface area contributed by atoms with Crippen LogP contribution in [0.1, 0.15) is 24.5 Å². The highest BCUT2D eigenvalue weighted by Crippen LogP contribution is 2.16. The summed E-state index contributed by atoms with van der Waals surface area (Å²) in [4.78, 5) is 0. The van der Waals surface area contributed by atoms with Crippen LogP contribution < -0.4 is 0 Å². The van der Waals surface area contributed by atoms with Crippen molar-refractivity contribution in [3.05, 3.63) is 54.1 Å². The summed E-state index contributed by atoms with van der Waals surface area (Å²) in [6.45, 7) is 5.86. The van der Waals surface area contributed by atoms with Crippen LogP contribution in [-0.2, 0) is 0 Å². The number of nitriles is 1. The molecule has 70 valence electrons. The summed E-state index contributed by atoms with van der Waals surface area (Å²) in [5.41, 5.74) is 2.92. The first kappa shape index (κ1) is 10.3. The number of rotatable bonds is 3. The minimum Gasteiger partial charge on any atom is -0.192 e. The molecule has 1 rings (SSSR count). The molecule has 0 radical (unpaired) electrons. The van der Waals surface area contributed by atoms with Crippen molar-refractivity contribution < 1.29 is 0 Å². The van der Waals surface area contributed by atoms with E-state index in [0.717, 1.165) is 17.6 Å². The SMILES string of the molecule is C=C/C(=C\CC)c1ccc(C#N)cc1. The molecule has 0 N–H and O–H groups in total. The summed E-state index contributed by atoms with van der Waals surface area (Å²) in [6.07, 6.45) is 4.95. The number of nitrogens with zero attached hydrogens (tertiary/aromatic N) is 1. The van der Waals surface area contributed by atoms with Crippen molar-refractivity contribution in [1.29, 1.82) is 5.26 Å². The largest absolute Gasteiger partial charge is 0.192 e. The molecule has 1 aromatic rings. The maximum atomic E-state index is 8.64. The van der Waals surface area contributed by atoms with Crippen molar-refractivity contribution >= 4 is 5.57 Å². The van der Waals surface area contributed by atoms with Crippen LogP contribution in [0.2, 0.25) is 0 Å². The molecular formula is C13H13N. The van der Waals surface area contributed by atoms with E-state index in [4.69, 9.17) is 5.26 Å². The topological polar surface area (TPSA) is 23.8 Å². The number of hydrogen-bond donors (Lipinski definition) is 0. The van der Waals surface area contributed by atoms with Crippen LogP contribution in [0.4, 0.5) is 0 Å². The van der Waals surface area contributed by atoms with Gasteiger partial charge in [-0.2, -0.15) is 5.26 Å². The van der Waals surface area contributed by atoms with Gasteiger partial charge in [-0.15, -0.1) is 0 Å². The van der Waals surface area contributed by atoms with Crippen molar-refractivity contribution in [2.24, 2.45) is 0 Å². The monoisotopic (exact) mass is 183 g/mol. The molecule has 0 atom stereocenters. The highest BCUT2D eigenvalue weighted by molar-refractivity contribution is 5.73. The Morgan fingerprint density at radius 1 is 1.43 bits per heavy atom. The molecule has 0 unspecified atom stereocenters. The Morgan fingerprint density at radius 3 is 2.50 bits per heavy atom. The summed E-state index contributed by atoms with van der Waals surface area (Å²) in [5.74, 6) is 0. The molecule has 0 amide bonds. The Hall–Kier alpha value is -1.81. The van der Waals surface area contributed by atoms with Crippen LogP contribution in [-0.4, -0.2) is 0 Å². The van der Waals surface area contributed by atoms with E-state index in [9.17, 15) is 0 Å². The van der Waals surface area contributed by atoms with Crippen LogP contribution in [0.15, 0.2) is 43.0 Å². The fourth-order valence-electron chi connectivity index (χ4n) is 1.28. The fourth-order valence-corrected chi connectivity index (χ4v) is 1.28. The first-order valence-electron chi connectivity index (χ1n) is 4.65. The Bertz CT molecular complexity index is 377. The average molecular weight is 183 g/mol. The van der Waals surface area contributed by atoms with Gasteiger partial charge in [0.1, 0.15) is 0 Å². The predicted molar refractivity (Wildman–Crippen MR) is 59.6 cm³/mol. The lowest BCUT2D eigenvalue weighted by Crippen LogP contribution is -1.81. The van der Waals surface area contributed by atoms with Gasteiger partial charge < -0.3 is 0 Å². The standard InChI is InChI=1S/C13H13N/c1-3-5-12(4-2)13-8-6-11(10-14)7-9-13/h4-9H,2-3H2,1H3/b12-5+. The molecule has 0 fully saturated rings. The van der Waals surface area contributed by atoms with E-state index in [-0.39, 0.29) is 0 Å². The van der Waals surface area contributed by atoms with Crippen LogP contribution >= 0.6 is 0 Å². The average Bonchev–Trinajstić information content (AvgIpc) is 2.26. The Morgan fingerprint density at radius 2 is 2.07 bits per heavy atom. The zero-order valence-electron chi connectivity index (χ0n) is 8.33. The molecule has 0 saturated carbocycles. The molecular weight excluding hydrogens is 170 g/mol. The van der Waals surface area contributed by atoms with E-state index in [1.165, 1.54) is 0 Å².